The van der Waals surface area contributed by atoms with Gasteiger partial charge in [-0.05, 0) is 12.8 Å². The summed E-state index contributed by atoms with van der Waals surface area (Å²) in [5, 5.41) is 8.25. The summed E-state index contributed by atoms with van der Waals surface area (Å²) in [5.74, 6) is 0. The second-order valence-electron chi connectivity index (χ2n) is 1.44. The zero-order valence-corrected chi connectivity index (χ0v) is 8.53. The predicted molar refractivity (Wildman–Crippen MR) is 36.6 cm³/mol. The largest absolute Gasteiger partial charge is 3.00 e. The van der Waals surface area contributed by atoms with Crippen LogP contribution < -0.4 is 0 Å². The minimum atomic E-state index is -1.19. The Labute approximate surface area is 84.5 Å². The molecule has 0 atom stereocenters. The van der Waals surface area contributed by atoms with Crippen LogP contribution in [0.4, 0.5) is 0 Å². The molecule has 0 rings (SSSR count). The number of aliphatic hydroxyl groups is 1. The Hall–Kier alpha value is 1.54. The second kappa shape index (κ2) is 6.27. The van der Waals surface area contributed by atoms with Crippen LogP contribution in [0.3, 0.4) is 0 Å². The molecular weight excluding hydrogens is 218 g/mol. The topological polar surface area (TPSA) is 20.2 Å². The fourth-order valence-corrected chi connectivity index (χ4v) is 0.680. The first kappa shape index (κ1) is 13.2. The quantitative estimate of drug-likeness (QED) is 0.564. The van der Waals surface area contributed by atoms with E-state index in [2.05, 4.69) is 0 Å². The average molecular weight is 225 g/mol. The number of aliphatic hydroxyl groups excluding tert-OH is 1. The number of alkyl halides is 3. The molecule has 0 heterocycles. The number of hydrogen-bond acceptors (Lipinski definition) is 1. The second-order valence-corrected chi connectivity index (χ2v) is 3.96. The van der Waals surface area contributed by atoms with Crippen molar-refractivity contribution in [3.05, 3.63) is 0 Å². The molecule has 0 aliphatic carbocycles. The van der Waals surface area contributed by atoms with Gasteiger partial charge in [0.1, 0.15) is 0 Å². The van der Waals surface area contributed by atoms with E-state index in [0.717, 1.165) is 0 Å². The first-order valence-corrected chi connectivity index (χ1v) is 3.37. The van der Waals surface area contributed by atoms with E-state index in [-0.39, 0.29) is 28.3 Å². The summed E-state index contributed by atoms with van der Waals surface area (Å²) in [7, 11) is 0. The number of halogens is 3. The van der Waals surface area contributed by atoms with Crippen molar-refractivity contribution in [2.24, 2.45) is 0 Å². The van der Waals surface area contributed by atoms with Crippen LogP contribution in [0, 0.1) is 0 Å². The fourth-order valence-electron chi connectivity index (χ4n) is 0.280. The van der Waals surface area contributed by atoms with Gasteiger partial charge in [-0.2, -0.15) is 0 Å². The van der Waals surface area contributed by atoms with E-state index in [9.17, 15) is 0 Å². The van der Waals surface area contributed by atoms with Gasteiger partial charge in [0.2, 0.25) is 0 Å². The number of hydrogen-bond donors (Lipinski definition) is 1. The SMILES string of the molecule is OCCCC(Cl)(Cl)Cl.[Ti+3]. The van der Waals surface area contributed by atoms with Crippen molar-refractivity contribution in [3.63, 3.8) is 0 Å². The summed E-state index contributed by atoms with van der Waals surface area (Å²) in [6.45, 7) is 0.0773. The molecule has 0 aliphatic heterocycles. The molecule has 0 aromatic rings. The third-order valence-electron chi connectivity index (χ3n) is 0.618. The van der Waals surface area contributed by atoms with Gasteiger partial charge in [-0.3, -0.25) is 0 Å². The van der Waals surface area contributed by atoms with Crippen molar-refractivity contribution in [3.8, 4) is 0 Å². The van der Waals surface area contributed by atoms with E-state index in [0.29, 0.717) is 12.8 Å². The van der Waals surface area contributed by atoms with Gasteiger partial charge in [0.25, 0.3) is 0 Å². The minimum Gasteiger partial charge on any atom is -0.396 e. The Kier molecular flexibility index (Phi) is 9.16. The zero-order chi connectivity index (χ0) is 6.62. The summed E-state index contributed by atoms with van der Waals surface area (Å²) in [5.41, 5.74) is 0. The molecule has 0 aromatic carbocycles. The standard InChI is InChI=1S/C4H7Cl3O.Ti/c5-4(6,7)2-1-3-8;/h8H,1-3H2;/q;+3. The van der Waals surface area contributed by atoms with Gasteiger partial charge in [-0.1, -0.05) is 34.8 Å². The van der Waals surface area contributed by atoms with Crippen molar-refractivity contribution >= 4 is 34.8 Å². The van der Waals surface area contributed by atoms with E-state index in [1.807, 2.05) is 0 Å². The third-order valence-corrected chi connectivity index (χ3v) is 1.19. The maximum atomic E-state index is 8.25. The van der Waals surface area contributed by atoms with Crippen molar-refractivity contribution in [2.75, 3.05) is 6.61 Å². The van der Waals surface area contributed by atoms with E-state index in [1.54, 1.807) is 0 Å². The van der Waals surface area contributed by atoms with Gasteiger partial charge in [-0.15, -0.1) is 0 Å². The molecule has 5 heteroatoms. The minimum absolute atomic E-state index is 0. The van der Waals surface area contributed by atoms with E-state index < -0.39 is 3.79 Å². The van der Waals surface area contributed by atoms with Gasteiger partial charge in [0.05, 0.1) is 0 Å². The van der Waals surface area contributed by atoms with Gasteiger partial charge >= 0.3 is 21.7 Å². The van der Waals surface area contributed by atoms with E-state index in [1.165, 1.54) is 0 Å². The van der Waals surface area contributed by atoms with Crippen LogP contribution in [0.25, 0.3) is 0 Å². The van der Waals surface area contributed by atoms with Crippen LogP contribution in [0.2, 0.25) is 0 Å². The molecule has 0 saturated carbocycles. The summed E-state index contributed by atoms with van der Waals surface area (Å²) < 4.78 is -1.19. The zero-order valence-electron chi connectivity index (χ0n) is 4.70. The van der Waals surface area contributed by atoms with Crippen LogP contribution in [0.15, 0.2) is 0 Å². The Morgan fingerprint density at radius 3 is 1.78 bits per heavy atom. The Bertz CT molecular complexity index is 63.3. The monoisotopic (exact) mass is 224 g/mol. The molecule has 0 fully saturated rings. The van der Waals surface area contributed by atoms with Crippen LogP contribution in [0.5, 0.6) is 0 Å². The van der Waals surface area contributed by atoms with Crippen LogP contribution in [-0.4, -0.2) is 15.5 Å². The first-order chi connectivity index (χ1) is 3.56. The molecule has 0 saturated heterocycles. The van der Waals surface area contributed by atoms with E-state index in [4.69, 9.17) is 39.9 Å². The predicted octanol–water partition coefficient (Wildman–Crippen LogP) is 2.13. The van der Waals surface area contributed by atoms with Crippen LogP contribution in [0.1, 0.15) is 12.8 Å². The summed E-state index contributed by atoms with van der Waals surface area (Å²) in [6.07, 6.45) is 0.949. The third kappa shape index (κ3) is 12.7. The molecule has 1 radical (unpaired) electrons. The van der Waals surface area contributed by atoms with Crippen molar-refractivity contribution in [1.82, 2.24) is 0 Å². The Balaban J connectivity index is 0. The van der Waals surface area contributed by atoms with Gasteiger partial charge in [-0.25, -0.2) is 0 Å². The van der Waals surface area contributed by atoms with Crippen LogP contribution >= 0.6 is 34.8 Å². The van der Waals surface area contributed by atoms with Crippen molar-refractivity contribution < 1.29 is 26.8 Å². The fraction of sp³-hybridized carbons (Fsp3) is 1.00. The van der Waals surface area contributed by atoms with Crippen molar-refractivity contribution in [1.29, 1.82) is 0 Å². The molecule has 0 unspecified atom stereocenters. The molecule has 0 aromatic heterocycles. The summed E-state index contributed by atoms with van der Waals surface area (Å²) >= 11 is 16.0. The maximum absolute atomic E-state index is 8.25. The molecule has 0 bridgehead atoms. The average Bonchev–Trinajstić information content (AvgIpc) is 1.59. The molecule has 0 spiro atoms. The van der Waals surface area contributed by atoms with Crippen molar-refractivity contribution in [2.45, 2.75) is 16.6 Å². The van der Waals surface area contributed by atoms with Gasteiger partial charge in [0, 0.05) is 6.61 Å². The molecule has 0 amide bonds. The summed E-state index contributed by atoms with van der Waals surface area (Å²) in [6, 6.07) is 0. The molecule has 1 nitrogen and oxygen atoms in total. The molecular formula is C4H7Cl3OTi+3. The molecule has 1 N–H and O–H groups in total. The summed E-state index contributed by atoms with van der Waals surface area (Å²) in [4.78, 5) is 0. The van der Waals surface area contributed by atoms with Gasteiger partial charge in [0.15, 0.2) is 3.79 Å². The maximum Gasteiger partial charge on any atom is 3.00 e. The molecule has 51 valence electrons. The van der Waals surface area contributed by atoms with Gasteiger partial charge < -0.3 is 5.11 Å². The normalized spacial score (nSPS) is 10.7. The smallest absolute Gasteiger partial charge is 0.396 e. The molecule has 0 aliphatic rings. The van der Waals surface area contributed by atoms with E-state index >= 15 is 0 Å². The Morgan fingerprint density at radius 2 is 1.67 bits per heavy atom. The Morgan fingerprint density at radius 1 is 1.22 bits per heavy atom. The first-order valence-electron chi connectivity index (χ1n) is 2.24. The van der Waals surface area contributed by atoms with Crippen LogP contribution in [-0.2, 0) is 21.7 Å². The number of rotatable bonds is 2. The molecule has 9 heavy (non-hydrogen) atoms.